The first-order valence-corrected chi connectivity index (χ1v) is 8.40. The molecule has 0 amide bonds. The zero-order valence-electron chi connectivity index (χ0n) is 13.6. The van der Waals surface area contributed by atoms with E-state index in [0.717, 1.165) is 11.0 Å². The molecule has 25 heavy (non-hydrogen) atoms. The molecule has 2 heterocycles. The normalized spacial score (nSPS) is 14.7. The van der Waals surface area contributed by atoms with Crippen LogP contribution >= 0.6 is 11.6 Å². The van der Waals surface area contributed by atoms with Gasteiger partial charge in [-0.1, -0.05) is 17.7 Å². The molecule has 2 N–H and O–H groups in total. The zero-order chi connectivity index (χ0) is 17.6. The summed E-state index contributed by atoms with van der Waals surface area (Å²) >= 11 is 6.20. The number of fused-ring (bicyclic) bond motifs is 2. The predicted octanol–water partition coefficient (Wildman–Crippen LogP) is 3.67. The van der Waals surface area contributed by atoms with E-state index >= 15 is 0 Å². The number of ether oxygens (including phenoxy) is 2. The van der Waals surface area contributed by atoms with Crippen LogP contribution < -0.4 is 15.2 Å². The Morgan fingerprint density at radius 1 is 1.28 bits per heavy atom. The molecule has 0 aliphatic carbocycles. The van der Waals surface area contributed by atoms with E-state index in [4.69, 9.17) is 26.8 Å². The van der Waals surface area contributed by atoms with Crippen LogP contribution in [-0.4, -0.2) is 22.8 Å². The van der Waals surface area contributed by atoms with Crippen molar-refractivity contribution >= 4 is 22.6 Å². The predicted molar refractivity (Wildman–Crippen MR) is 93.8 cm³/mol. The van der Waals surface area contributed by atoms with Crippen molar-refractivity contribution in [2.45, 2.75) is 19.5 Å². The third-order valence-electron chi connectivity index (χ3n) is 4.23. The molecule has 0 spiro atoms. The number of hydrogen-bond donors (Lipinski definition) is 1. The summed E-state index contributed by atoms with van der Waals surface area (Å²) in [7, 11) is 0. The average Bonchev–Trinajstić information content (AvgIpc) is 2.94. The molecule has 0 saturated carbocycles. The van der Waals surface area contributed by atoms with Crippen molar-refractivity contribution < 1.29 is 13.9 Å². The van der Waals surface area contributed by atoms with Crippen LogP contribution in [0.4, 0.5) is 4.39 Å². The number of imidazole rings is 1. The molecule has 1 aliphatic rings. The monoisotopic (exact) mass is 361 g/mol. The highest BCUT2D eigenvalue weighted by Crippen LogP contribution is 2.36. The van der Waals surface area contributed by atoms with Crippen LogP contribution in [0, 0.1) is 5.82 Å². The highest BCUT2D eigenvalue weighted by Gasteiger charge is 2.21. The molecule has 3 aromatic rings. The quantitative estimate of drug-likeness (QED) is 0.773. The lowest BCUT2D eigenvalue weighted by molar-refractivity contribution is 0.172. The van der Waals surface area contributed by atoms with Crippen molar-refractivity contribution in [1.82, 2.24) is 9.55 Å². The Morgan fingerprint density at radius 3 is 2.68 bits per heavy atom. The topological polar surface area (TPSA) is 62.3 Å². The molecule has 0 radical (unpaired) electrons. The first-order chi connectivity index (χ1) is 12.0. The number of benzene rings is 2. The van der Waals surface area contributed by atoms with Gasteiger partial charge in [0.2, 0.25) is 0 Å². The maximum atomic E-state index is 14.3. The summed E-state index contributed by atoms with van der Waals surface area (Å²) in [5.41, 5.74) is 8.02. The van der Waals surface area contributed by atoms with Crippen molar-refractivity contribution in [2.75, 3.05) is 13.2 Å². The maximum Gasteiger partial charge on any atom is 0.163 e. The fourth-order valence-electron chi connectivity index (χ4n) is 3.04. The first-order valence-electron chi connectivity index (χ1n) is 8.03. The van der Waals surface area contributed by atoms with E-state index in [1.807, 2.05) is 23.6 Å². The van der Waals surface area contributed by atoms with E-state index in [1.165, 1.54) is 6.07 Å². The minimum atomic E-state index is -0.359. The van der Waals surface area contributed by atoms with E-state index in [2.05, 4.69) is 4.98 Å². The summed E-state index contributed by atoms with van der Waals surface area (Å²) in [6.45, 7) is 3.07. The summed E-state index contributed by atoms with van der Waals surface area (Å²) in [6.07, 6.45) is 0. The summed E-state index contributed by atoms with van der Waals surface area (Å²) in [5.74, 6) is 1.60. The molecule has 130 valence electrons. The van der Waals surface area contributed by atoms with E-state index in [0.29, 0.717) is 41.1 Å². The van der Waals surface area contributed by atoms with Gasteiger partial charge in [0.05, 0.1) is 23.6 Å². The first kappa shape index (κ1) is 16.2. The van der Waals surface area contributed by atoms with Gasteiger partial charge in [0.1, 0.15) is 24.9 Å². The highest BCUT2D eigenvalue weighted by molar-refractivity contribution is 6.31. The third kappa shape index (κ3) is 2.81. The van der Waals surface area contributed by atoms with Crippen LogP contribution in [-0.2, 0) is 6.54 Å². The molecule has 1 aromatic heterocycles. The van der Waals surface area contributed by atoms with E-state index < -0.39 is 0 Å². The van der Waals surface area contributed by atoms with Crippen LogP contribution in [0.2, 0.25) is 5.02 Å². The van der Waals surface area contributed by atoms with Gasteiger partial charge < -0.3 is 19.8 Å². The largest absolute Gasteiger partial charge is 0.486 e. The maximum absolute atomic E-state index is 14.3. The molecule has 1 atom stereocenters. The standard InChI is InChI=1S/C18H17ClFN3O2/c1-10(21)18-22-14-7-16-17(25-6-5-24-16)8-15(14)23(18)9-11-12(19)3-2-4-13(11)20/h2-4,7-8,10H,5-6,9,21H2,1H3. The van der Waals surface area contributed by atoms with Crippen molar-refractivity contribution in [3.8, 4) is 11.5 Å². The average molecular weight is 362 g/mol. The fraction of sp³-hybridized carbons (Fsp3) is 0.278. The number of nitrogens with two attached hydrogens (primary N) is 1. The molecule has 5 nitrogen and oxygen atoms in total. The Hall–Kier alpha value is -2.31. The lowest BCUT2D eigenvalue weighted by Gasteiger charge is -2.18. The van der Waals surface area contributed by atoms with Gasteiger partial charge >= 0.3 is 0 Å². The molecular weight excluding hydrogens is 345 g/mol. The number of hydrogen-bond acceptors (Lipinski definition) is 4. The lowest BCUT2D eigenvalue weighted by atomic mass is 10.2. The Morgan fingerprint density at radius 2 is 2.00 bits per heavy atom. The molecule has 1 aliphatic heterocycles. The second-order valence-electron chi connectivity index (χ2n) is 6.03. The van der Waals surface area contributed by atoms with Crippen LogP contribution in [0.1, 0.15) is 24.4 Å². The summed E-state index contributed by atoms with van der Waals surface area (Å²) in [4.78, 5) is 4.61. The van der Waals surface area contributed by atoms with Gasteiger partial charge in [-0.25, -0.2) is 9.37 Å². The molecule has 1 unspecified atom stereocenters. The van der Waals surface area contributed by atoms with Gasteiger partial charge in [-0.2, -0.15) is 0 Å². The van der Waals surface area contributed by atoms with Crippen molar-refractivity contribution in [2.24, 2.45) is 5.73 Å². The van der Waals surface area contributed by atoms with Gasteiger partial charge in [-0.3, -0.25) is 0 Å². The smallest absolute Gasteiger partial charge is 0.163 e. The van der Waals surface area contributed by atoms with Crippen LogP contribution in [0.25, 0.3) is 11.0 Å². The van der Waals surface area contributed by atoms with Gasteiger partial charge in [0.15, 0.2) is 11.5 Å². The number of nitrogens with zero attached hydrogens (tertiary/aromatic N) is 2. The Bertz CT molecular complexity index is 935. The van der Waals surface area contributed by atoms with E-state index in [9.17, 15) is 4.39 Å². The van der Waals surface area contributed by atoms with Crippen LogP contribution in [0.3, 0.4) is 0 Å². The van der Waals surface area contributed by atoms with Gasteiger partial charge in [0.25, 0.3) is 0 Å². The van der Waals surface area contributed by atoms with Crippen LogP contribution in [0.5, 0.6) is 11.5 Å². The second kappa shape index (κ2) is 6.20. The molecule has 0 bridgehead atoms. The minimum Gasteiger partial charge on any atom is -0.486 e. The SMILES string of the molecule is CC(N)c1nc2cc3c(cc2n1Cc1c(F)cccc1Cl)OCCO3. The lowest BCUT2D eigenvalue weighted by Crippen LogP contribution is -2.16. The number of rotatable bonds is 3. The highest BCUT2D eigenvalue weighted by atomic mass is 35.5. The van der Waals surface area contributed by atoms with E-state index in [1.54, 1.807) is 12.1 Å². The van der Waals surface area contributed by atoms with Crippen LogP contribution in [0.15, 0.2) is 30.3 Å². The van der Waals surface area contributed by atoms with Crippen molar-refractivity contribution in [3.63, 3.8) is 0 Å². The van der Waals surface area contributed by atoms with Gasteiger partial charge in [-0.15, -0.1) is 0 Å². The van der Waals surface area contributed by atoms with E-state index in [-0.39, 0.29) is 18.4 Å². The fourth-order valence-corrected chi connectivity index (χ4v) is 3.26. The minimum absolute atomic E-state index is 0.235. The Kier molecular flexibility index (Phi) is 4.01. The molecular formula is C18H17ClFN3O2. The van der Waals surface area contributed by atoms with Crippen molar-refractivity contribution in [1.29, 1.82) is 0 Å². The third-order valence-corrected chi connectivity index (χ3v) is 4.58. The summed E-state index contributed by atoms with van der Waals surface area (Å²) in [5, 5.41) is 0.370. The number of halogens is 2. The molecule has 0 saturated heterocycles. The number of aromatic nitrogens is 2. The molecule has 0 fully saturated rings. The molecule has 7 heteroatoms. The summed E-state index contributed by atoms with van der Waals surface area (Å²) < 4.78 is 27.4. The van der Waals surface area contributed by atoms with Gasteiger partial charge in [0, 0.05) is 22.7 Å². The zero-order valence-corrected chi connectivity index (χ0v) is 14.4. The second-order valence-corrected chi connectivity index (χ2v) is 6.44. The Labute approximate surface area is 149 Å². The van der Waals surface area contributed by atoms with Crippen molar-refractivity contribution in [3.05, 3.63) is 52.6 Å². The summed E-state index contributed by atoms with van der Waals surface area (Å²) in [6, 6.07) is 8.01. The Balaban J connectivity index is 1.90. The molecule has 4 rings (SSSR count). The van der Waals surface area contributed by atoms with Gasteiger partial charge in [-0.05, 0) is 19.1 Å². The molecule has 2 aromatic carbocycles.